The number of methoxy groups -OCH3 is 1. The molecule has 0 aromatic rings. The predicted octanol–water partition coefficient (Wildman–Crippen LogP) is 3.51. The second kappa shape index (κ2) is 5.34. The van der Waals surface area contributed by atoms with Crippen LogP contribution in [-0.4, -0.2) is 19.0 Å². The number of Topliss-reactive ketones (excluding diaryl/α,β-unsaturated/α-hetero) is 1. The Morgan fingerprint density at radius 1 is 1.53 bits per heavy atom. The van der Waals surface area contributed by atoms with Crippen molar-refractivity contribution in [1.82, 2.24) is 0 Å². The summed E-state index contributed by atoms with van der Waals surface area (Å²) in [4.78, 5) is 11.9. The van der Waals surface area contributed by atoms with E-state index in [-0.39, 0.29) is 11.5 Å². The van der Waals surface area contributed by atoms with Crippen molar-refractivity contribution in [2.24, 2.45) is 11.3 Å². The highest BCUT2D eigenvalue weighted by atomic mass is 16.5. The van der Waals surface area contributed by atoms with E-state index in [0.717, 1.165) is 32.1 Å². The van der Waals surface area contributed by atoms with Crippen molar-refractivity contribution < 1.29 is 9.53 Å². The monoisotopic (exact) mass is 236 g/mol. The van der Waals surface area contributed by atoms with Gasteiger partial charge in [0.2, 0.25) is 0 Å². The van der Waals surface area contributed by atoms with Gasteiger partial charge in [0.1, 0.15) is 5.78 Å². The van der Waals surface area contributed by atoms with Crippen molar-refractivity contribution in [3.8, 4) is 0 Å². The van der Waals surface area contributed by atoms with Crippen LogP contribution in [0.1, 0.15) is 51.9 Å². The minimum atomic E-state index is -0.00275. The molecule has 2 saturated carbocycles. The first-order valence-corrected chi connectivity index (χ1v) is 6.97. The van der Waals surface area contributed by atoms with Crippen molar-refractivity contribution in [3.05, 3.63) is 12.2 Å². The van der Waals surface area contributed by atoms with E-state index in [1.807, 2.05) is 0 Å². The van der Waals surface area contributed by atoms with Gasteiger partial charge in [0.05, 0.1) is 6.10 Å². The second-order valence-corrected chi connectivity index (χ2v) is 5.50. The van der Waals surface area contributed by atoms with E-state index in [1.54, 1.807) is 7.11 Å². The molecule has 2 nitrogen and oxygen atoms in total. The Hall–Kier alpha value is -0.630. The zero-order chi connectivity index (χ0) is 12.3. The molecule has 0 saturated heterocycles. The zero-order valence-electron chi connectivity index (χ0n) is 11.1. The van der Waals surface area contributed by atoms with Crippen LogP contribution in [0.4, 0.5) is 0 Å². The lowest BCUT2D eigenvalue weighted by atomic mass is 9.60. The lowest BCUT2D eigenvalue weighted by Gasteiger charge is -2.43. The number of unbranched alkanes of at least 4 members (excludes halogenated alkanes) is 1. The predicted molar refractivity (Wildman–Crippen MR) is 68.9 cm³/mol. The van der Waals surface area contributed by atoms with Gasteiger partial charge in [0.15, 0.2) is 0 Å². The highest BCUT2D eigenvalue weighted by Crippen LogP contribution is 2.55. The summed E-state index contributed by atoms with van der Waals surface area (Å²) in [5.41, 5.74) is -0.00275. The molecule has 0 heterocycles. The second-order valence-electron chi connectivity index (χ2n) is 5.50. The standard InChI is InChI=1S/C15H24O2/c1-3-4-5-8-13(17-2)12-7-6-10-15(12)11-9-14(15)16/h5,8,12-13H,3-4,6-7,9-11H2,1-2H3/b8-5+/t12-,13-,15-/m1/s1. The molecule has 0 aromatic heterocycles. The van der Waals surface area contributed by atoms with Crippen LogP contribution in [0.5, 0.6) is 0 Å². The number of carbonyl (C=O) groups is 1. The van der Waals surface area contributed by atoms with Gasteiger partial charge in [-0.1, -0.05) is 31.9 Å². The van der Waals surface area contributed by atoms with E-state index < -0.39 is 0 Å². The van der Waals surface area contributed by atoms with Crippen molar-refractivity contribution in [1.29, 1.82) is 0 Å². The minimum Gasteiger partial charge on any atom is -0.377 e. The highest BCUT2D eigenvalue weighted by molar-refractivity contribution is 5.91. The molecule has 2 rings (SSSR count). The van der Waals surface area contributed by atoms with Crippen LogP contribution in [-0.2, 0) is 9.53 Å². The molecule has 17 heavy (non-hydrogen) atoms. The van der Waals surface area contributed by atoms with E-state index in [9.17, 15) is 4.79 Å². The van der Waals surface area contributed by atoms with Gasteiger partial charge in [-0.25, -0.2) is 0 Å². The number of rotatable bonds is 5. The number of hydrogen-bond acceptors (Lipinski definition) is 2. The van der Waals surface area contributed by atoms with Crippen LogP contribution in [0, 0.1) is 11.3 Å². The maximum Gasteiger partial charge on any atom is 0.139 e. The number of ether oxygens (including phenoxy) is 1. The summed E-state index contributed by atoms with van der Waals surface area (Å²) in [5, 5.41) is 0. The molecular formula is C15H24O2. The Morgan fingerprint density at radius 2 is 2.35 bits per heavy atom. The molecule has 3 atom stereocenters. The van der Waals surface area contributed by atoms with Gasteiger partial charge >= 0.3 is 0 Å². The third-order valence-electron chi connectivity index (χ3n) is 4.65. The summed E-state index contributed by atoms with van der Waals surface area (Å²) in [5.74, 6) is 0.924. The molecule has 0 N–H and O–H groups in total. The smallest absolute Gasteiger partial charge is 0.139 e. The molecule has 2 fully saturated rings. The van der Waals surface area contributed by atoms with Gasteiger partial charge in [0, 0.05) is 24.9 Å². The van der Waals surface area contributed by atoms with Crippen molar-refractivity contribution >= 4 is 5.78 Å². The summed E-state index contributed by atoms with van der Waals surface area (Å²) in [6.45, 7) is 2.18. The molecule has 0 aliphatic heterocycles. The average molecular weight is 236 g/mol. The first-order chi connectivity index (χ1) is 8.24. The molecule has 0 bridgehead atoms. The van der Waals surface area contributed by atoms with Crippen LogP contribution >= 0.6 is 0 Å². The maximum atomic E-state index is 11.9. The van der Waals surface area contributed by atoms with E-state index >= 15 is 0 Å². The zero-order valence-corrected chi connectivity index (χ0v) is 11.1. The lowest BCUT2D eigenvalue weighted by Crippen LogP contribution is -2.47. The average Bonchev–Trinajstić information content (AvgIpc) is 2.80. The highest BCUT2D eigenvalue weighted by Gasteiger charge is 2.55. The van der Waals surface area contributed by atoms with Gasteiger partial charge in [-0.05, 0) is 25.7 Å². The third kappa shape index (κ3) is 2.20. The first-order valence-electron chi connectivity index (χ1n) is 6.97. The summed E-state index contributed by atoms with van der Waals surface area (Å²) in [6.07, 6.45) is 12.2. The van der Waals surface area contributed by atoms with E-state index in [0.29, 0.717) is 11.7 Å². The Labute approximate surface area is 104 Å². The molecule has 2 heteroatoms. The van der Waals surface area contributed by atoms with E-state index in [2.05, 4.69) is 19.1 Å². The van der Waals surface area contributed by atoms with Crippen LogP contribution in [0.2, 0.25) is 0 Å². The number of hydrogen-bond donors (Lipinski definition) is 0. The van der Waals surface area contributed by atoms with E-state index in [1.165, 1.54) is 12.8 Å². The Balaban J connectivity index is 2.06. The molecular weight excluding hydrogens is 212 g/mol. The van der Waals surface area contributed by atoms with Gasteiger partial charge < -0.3 is 4.74 Å². The fourth-order valence-corrected chi connectivity index (χ4v) is 3.56. The number of carbonyl (C=O) groups excluding carboxylic acids is 1. The SMILES string of the molecule is CCC/C=C/[C@@H](OC)[C@H]1CCC[C@@]12CCC2=O. The van der Waals surface area contributed by atoms with Crippen molar-refractivity contribution in [2.75, 3.05) is 7.11 Å². The van der Waals surface area contributed by atoms with Crippen LogP contribution in [0.3, 0.4) is 0 Å². The quantitative estimate of drug-likeness (QED) is 0.683. The van der Waals surface area contributed by atoms with Gasteiger partial charge in [0.25, 0.3) is 0 Å². The van der Waals surface area contributed by atoms with Gasteiger partial charge in [-0.3, -0.25) is 4.79 Å². The van der Waals surface area contributed by atoms with Gasteiger partial charge in [-0.2, -0.15) is 0 Å². The first kappa shape index (κ1) is 12.8. The van der Waals surface area contributed by atoms with Crippen molar-refractivity contribution in [2.45, 2.75) is 58.0 Å². The van der Waals surface area contributed by atoms with E-state index in [4.69, 9.17) is 4.74 Å². The molecule has 2 aliphatic carbocycles. The Morgan fingerprint density at radius 3 is 2.88 bits per heavy atom. The topological polar surface area (TPSA) is 26.3 Å². The summed E-state index contributed by atoms with van der Waals surface area (Å²) in [7, 11) is 1.77. The van der Waals surface area contributed by atoms with Crippen LogP contribution < -0.4 is 0 Å². The Bertz CT molecular complexity index is 308. The summed E-state index contributed by atoms with van der Waals surface area (Å²) >= 11 is 0. The number of allylic oxidation sites excluding steroid dienone is 1. The molecule has 0 unspecified atom stereocenters. The van der Waals surface area contributed by atoms with Crippen molar-refractivity contribution in [3.63, 3.8) is 0 Å². The lowest BCUT2D eigenvalue weighted by molar-refractivity contribution is -0.144. The maximum absolute atomic E-state index is 11.9. The fourth-order valence-electron chi connectivity index (χ4n) is 3.56. The third-order valence-corrected chi connectivity index (χ3v) is 4.65. The summed E-state index contributed by atoms with van der Waals surface area (Å²) < 4.78 is 5.62. The largest absolute Gasteiger partial charge is 0.377 e. The molecule has 0 aromatic carbocycles. The van der Waals surface area contributed by atoms with Crippen LogP contribution in [0.25, 0.3) is 0 Å². The minimum absolute atomic E-state index is 0.00275. The number of ketones is 1. The normalized spacial score (nSPS) is 34.5. The molecule has 96 valence electrons. The Kier molecular flexibility index (Phi) is 4.03. The van der Waals surface area contributed by atoms with Gasteiger partial charge in [-0.15, -0.1) is 0 Å². The molecule has 0 radical (unpaired) electrons. The molecule has 1 spiro atoms. The fraction of sp³-hybridized carbons (Fsp3) is 0.800. The molecule has 0 amide bonds. The van der Waals surface area contributed by atoms with Crippen LogP contribution in [0.15, 0.2) is 12.2 Å². The molecule has 2 aliphatic rings. The summed E-state index contributed by atoms with van der Waals surface area (Å²) in [6, 6.07) is 0.